The Labute approximate surface area is 137 Å². The molecule has 0 atom stereocenters. The highest BCUT2D eigenvalue weighted by Gasteiger charge is 2.19. The van der Waals surface area contributed by atoms with Gasteiger partial charge in [-0.25, -0.2) is 4.98 Å². The third-order valence-corrected chi connectivity index (χ3v) is 3.99. The smallest absolute Gasteiger partial charge is 0.284 e. The molecule has 0 saturated carbocycles. The number of rotatable bonds is 3. The van der Waals surface area contributed by atoms with Crippen LogP contribution in [0.15, 0.2) is 39.4 Å². The molecular weight excluding hydrogens is 406 g/mol. The fourth-order valence-electron chi connectivity index (χ4n) is 1.69. The monoisotopic (exact) mass is 413 g/mol. The van der Waals surface area contributed by atoms with Gasteiger partial charge in [0.2, 0.25) is 0 Å². The molecule has 1 amide bonds. The first-order chi connectivity index (χ1) is 9.90. The number of anilines is 1. The second-order valence-electron chi connectivity index (χ2n) is 4.12. The van der Waals surface area contributed by atoms with E-state index in [1.807, 2.05) is 0 Å². The average molecular weight is 415 g/mol. The Hall–Kier alpha value is -1.80. The summed E-state index contributed by atoms with van der Waals surface area (Å²) < 4.78 is 0.810. The van der Waals surface area contributed by atoms with Crippen molar-refractivity contribution in [3.05, 3.63) is 60.8 Å². The summed E-state index contributed by atoms with van der Waals surface area (Å²) in [6, 6.07) is 7.70. The lowest BCUT2D eigenvalue weighted by Gasteiger charge is -2.09. The van der Waals surface area contributed by atoms with Gasteiger partial charge in [-0.15, -0.1) is 0 Å². The van der Waals surface area contributed by atoms with E-state index in [-0.39, 0.29) is 15.7 Å². The molecule has 0 aliphatic carbocycles. The molecule has 21 heavy (non-hydrogen) atoms. The molecule has 0 bridgehead atoms. The molecule has 2 aromatic rings. The molecule has 108 valence electrons. The number of amides is 1. The van der Waals surface area contributed by atoms with Crippen LogP contribution >= 0.6 is 31.9 Å². The predicted molar refractivity (Wildman–Crippen MR) is 85.4 cm³/mol. The molecule has 0 fully saturated rings. The zero-order chi connectivity index (χ0) is 15.6. The van der Waals surface area contributed by atoms with Gasteiger partial charge in [0, 0.05) is 6.07 Å². The van der Waals surface area contributed by atoms with Crippen molar-refractivity contribution in [2.24, 2.45) is 0 Å². The van der Waals surface area contributed by atoms with Crippen molar-refractivity contribution in [2.45, 2.75) is 6.92 Å². The van der Waals surface area contributed by atoms with E-state index >= 15 is 0 Å². The van der Waals surface area contributed by atoms with Gasteiger partial charge >= 0.3 is 0 Å². The largest absolute Gasteiger partial charge is 0.320 e. The van der Waals surface area contributed by atoms with Crippen LogP contribution in [-0.2, 0) is 0 Å². The Bertz CT molecular complexity index is 735. The van der Waals surface area contributed by atoms with Crippen molar-refractivity contribution >= 4 is 49.1 Å². The number of hydrogen-bond donors (Lipinski definition) is 1. The summed E-state index contributed by atoms with van der Waals surface area (Å²) in [4.78, 5) is 26.7. The van der Waals surface area contributed by atoms with Crippen LogP contribution in [0.1, 0.15) is 16.1 Å². The van der Waals surface area contributed by atoms with Crippen LogP contribution in [0, 0.1) is 17.0 Å². The fourth-order valence-corrected chi connectivity index (χ4v) is 2.68. The first-order valence-corrected chi connectivity index (χ1v) is 7.36. The number of pyridine rings is 1. The van der Waals surface area contributed by atoms with Gasteiger partial charge in [0.15, 0.2) is 0 Å². The molecule has 0 aliphatic heterocycles. The van der Waals surface area contributed by atoms with Crippen LogP contribution in [0.5, 0.6) is 0 Å². The van der Waals surface area contributed by atoms with E-state index in [1.54, 1.807) is 19.1 Å². The molecule has 1 heterocycles. The summed E-state index contributed by atoms with van der Waals surface area (Å²) in [5, 5.41) is 13.6. The van der Waals surface area contributed by atoms with Gasteiger partial charge < -0.3 is 5.32 Å². The number of aromatic nitrogens is 1. The number of carbonyl (C=O) groups is 1. The minimum atomic E-state index is -0.548. The Morgan fingerprint density at radius 2 is 2.00 bits per heavy atom. The third-order valence-electron chi connectivity index (χ3n) is 2.72. The normalized spacial score (nSPS) is 10.2. The van der Waals surface area contributed by atoms with Crippen LogP contribution in [-0.4, -0.2) is 15.8 Å². The molecule has 0 unspecified atom stereocenters. The molecule has 1 aromatic carbocycles. The highest BCUT2D eigenvalue weighted by atomic mass is 79.9. The molecule has 0 spiro atoms. The van der Waals surface area contributed by atoms with Crippen LogP contribution in [0.3, 0.4) is 0 Å². The number of nitrogens with zero attached hydrogens (tertiary/aromatic N) is 2. The Kier molecular flexibility index (Phi) is 4.69. The lowest BCUT2D eigenvalue weighted by Crippen LogP contribution is -2.14. The summed E-state index contributed by atoms with van der Waals surface area (Å²) >= 11 is 6.34. The van der Waals surface area contributed by atoms with Crippen molar-refractivity contribution in [2.75, 3.05) is 5.32 Å². The summed E-state index contributed by atoms with van der Waals surface area (Å²) in [5.74, 6) is -0.446. The minimum Gasteiger partial charge on any atom is -0.320 e. The zero-order valence-electron chi connectivity index (χ0n) is 10.8. The quantitative estimate of drug-likeness (QED) is 0.465. The Morgan fingerprint density at radius 3 is 2.62 bits per heavy atom. The van der Waals surface area contributed by atoms with E-state index in [0.29, 0.717) is 16.0 Å². The SMILES string of the molecule is Cc1nc(Br)ccc1NC(=O)c1cccc([N+](=O)[O-])c1Br. The van der Waals surface area contributed by atoms with Crippen molar-refractivity contribution in [3.63, 3.8) is 0 Å². The number of carbonyl (C=O) groups excluding carboxylic acids is 1. The lowest BCUT2D eigenvalue weighted by molar-refractivity contribution is -0.385. The van der Waals surface area contributed by atoms with Crippen LogP contribution < -0.4 is 5.32 Å². The molecule has 2 rings (SSSR count). The highest BCUT2D eigenvalue weighted by molar-refractivity contribution is 9.10. The van der Waals surface area contributed by atoms with E-state index in [9.17, 15) is 14.9 Å². The van der Waals surface area contributed by atoms with Crippen molar-refractivity contribution in [3.8, 4) is 0 Å². The van der Waals surface area contributed by atoms with E-state index in [4.69, 9.17) is 0 Å². The first kappa shape index (κ1) is 15.6. The van der Waals surface area contributed by atoms with E-state index in [2.05, 4.69) is 42.2 Å². The lowest BCUT2D eigenvalue weighted by atomic mass is 10.2. The van der Waals surface area contributed by atoms with Gasteiger partial charge in [0.05, 0.1) is 21.9 Å². The summed E-state index contributed by atoms with van der Waals surface area (Å²) in [5.41, 5.74) is 1.21. The molecule has 0 aliphatic rings. The number of nitro benzene ring substituents is 1. The van der Waals surface area contributed by atoms with E-state index in [0.717, 1.165) is 0 Å². The van der Waals surface area contributed by atoms with Crippen molar-refractivity contribution < 1.29 is 9.72 Å². The Morgan fingerprint density at radius 1 is 1.29 bits per heavy atom. The third kappa shape index (κ3) is 3.45. The summed E-state index contributed by atoms with van der Waals surface area (Å²) in [7, 11) is 0. The predicted octanol–water partition coefficient (Wildman–Crippen LogP) is 4.08. The second-order valence-corrected chi connectivity index (χ2v) is 5.72. The zero-order valence-corrected chi connectivity index (χ0v) is 13.9. The van der Waals surface area contributed by atoms with Crippen LogP contribution in [0.4, 0.5) is 11.4 Å². The highest BCUT2D eigenvalue weighted by Crippen LogP contribution is 2.29. The van der Waals surface area contributed by atoms with Gasteiger partial charge in [0.1, 0.15) is 9.08 Å². The van der Waals surface area contributed by atoms with Crippen LogP contribution in [0.2, 0.25) is 0 Å². The van der Waals surface area contributed by atoms with Gasteiger partial charge in [-0.2, -0.15) is 0 Å². The number of hydrogen-bond acceptors (Lipinski definition) is 4. The number of nitro groups is 1. The number of nitrogens with one attached hydrogen (secondary N) is 1. The fraction of sp³-hybridized carbons (Fsp3) is 0.0769. The summed E-state index contributed by atoms with van der Waals surface area (Å²) in [6.07, 6.45) is 0. The Balaban J connectivity index is 2.33. The topological polar surface area (TPSA) is 85.1 Å². The maximum atomic E-state index is 12.2. The molecular formula is C13H9Br2N3O3. The van der Waals surface area contributed by atoms with Crippen molar-refractivity contribution in [1.82, 2.24) is 4.98 Å². The minimum absolute atomic E-state index is 0.148. The van der Waals surface area contributed by atoms with Gasteiger partial charge in [0.25, 0.3) is 11.6 Å². The molecule has 1 aromatic heterocycles. The molecule has 0 saturated heterocycles. The van der Waals surface area contributed by atoms with E-state index in [1.165, 1.54) is 18.2 Å². The first-order valence-electron chi connectivity index (χ1n) is 5.77. The average Bonchev–Trinajstić information content (AvgIpc) is 2.41. The number of aryl methyl sites for hydroxylation is 1. The molecule has 0 radical (unpaired) electrons. The van der Waals surface area contributed by atoms with E-state index < -0.39 is 10.8 Å². The van der Waals surface area contributed by atoms with Gasteiger partial charge in [-0.1, -0.05) is 6.07 Å². The van der Waals surface area contributed by atoms with Crippen molar-refractivity contribution in [1.29, 1.82) is 0 Å². The maximum Gasteiger partial charge on any atom is 0.284 e. The van der Waals surface area contributed by atoms with Gasteiger partial charge in [-0.05, 0) is 57.0 Å². The van der Waals surface area contributed by atoms with Crippen LogP contribution in [0.25, 0.3) is 0 Å². The van der Waals surface area contributed by atoms with Gasteiger partial charge in [-0.3, -0.25) is 14.9 Å². The summed E-state index contributed by atoms with van der Waals surface area (Å²) in [6.45, 7) is 1.75. The second kappa shape index (κ2) is 6.31. The number of halogens is 2. The molecule has 1 N–H and O–H groups in total. The molecule has 6 nitrogen and oxygen atoms in total. The molecule has 8 heteroatoms. The number of benzene rings is 1. The maximum absolute atomic E-state index is 12.2. The standard InChI is InChI=1S/C13H9Br2N3O3/c1-7-9(5-6-11(14)16-7)17-13(19)8-3-2-4-10(12(8)15)18(20)21/h2-6H,1H3,(H,17,19).